The van der Waals surface area contributed by atoms with Gasteiger partial charge in [0.2, 0.25) is 0 Å². The molecule has 0 aromatic carbocycles. The molecule has 2 rings (SSSR count). The van der Waals surface area contributed by atoms with Crippen LogP contribution in [0.15, 0.2) is 0 Å². The lowest BCUT2D eigenvalue weighted by Crippen LogP contribution is -2.61. The molecule has 1 saturated carbocycles. The van der Waals surface area contributed by atoms with E-state index in [1.54, 1.807) is 0 Å². The normalized spacial score (nSPS) is 34.9. The highest BCUT2D eigenvalue weighted by atomic mass is 16.5. The molecule has 0 aromatic heterocycles. The second-order valence-electron chi connectivity index (χ2n) is 7.37. The van der Waals surface area contributed by atoms with Gasteiger partial charge in [0.1, 0.15) is 0 Å². The van der Waals surface area contributed by atoms with Gasteiger partial charge in [-0.2, -0.15) is 0 Å². The molecule has 0 bridgehead atoms. The summed E-state index contributed by atoms with van der Waals surface area (Å²) < 4.78 is 6.75. The van der Waals surface area contributed by atoms with Gasteiger partial charge in [-0.1, -0.05) is 40.5 Å². The monoisotopic (exact) mass is 267 g/mol. The topological polar surface area (TPSA) is 21.3 Å². The lowest BCUT2D eigenvalue weighted by atomic mass is 9.73. The Hall–Kier alpha value is -0.0800. The quantitative estimate of drug-likeness (QED) is 0.826. The van der Waals surface area contributed by atoms with Gasteiger partial charge < -0.3 is 10.1 Å². The maximum atomic E-state index is 6.75. The van der Waals surface area contributed by atoms with Gasteiger partial charge in [0.05, 0.1) is 11.2 Å². The number of morpholine rings is 1. The van der Waals surface area contributed by atoms with Crippen LogP contribution in [0.1, 0.15) is 72.6 Å². The van der Waals surface area contributed by atoms with Crippen LogP contribution in [0.5, 0.6) is 0 Å². The van der Waals surface area contributed by atoms with Gasteiger partial charge in [0.15, 0.2) is 0 Å². The van der Waals surface area contributed by atoms with E-state index in [9.17, 15) is 0 Å². The Balaban J connectivity index is 2.04. The summed E-state index contributed by atoms with van der Waals surface area (Å²) in [6.45, 7) is 11.4. The molecule has 112 valence electrons. The van der Waals surface area contributed by atoms with Crippen LogP contribution in [0.2, 0.25) is 0 Å². The molecule has 1 N–H and O–H groups in total. The van der Waals surface area contributed by atoms with E-state index in [0.717, 1.165) is 37.8 Å². The van der Waals surface area contributed by atoms with Crippen LogP contribution in [-0.4, -0.2) is 24.3 Å². The van der Waals surface area contributed by atoms with Crippen molar-refractivity contribution in [3.63, 3.8) is 0 Å². The van der Waals surface area contributed by atoms with E-state index in [2.05, 4.69) is 33.0 Å². The van der Waals surface area contributed by atoms with Gasteiger partial charge in [0.25, 0.3) is 0 Å². The van der Waals surface area contributed by atoms with Gasteiger partial charge >= 0.3 is 0 Å². The van der Waals surface area contributed by atoms with Crippen LogP contribution in [0, 0.1) is 11.8 Å². The Morgan fingerprint density at radius 1 is 1.21 bits per heavy atom. The van der Waals surface area contributed by atoms with Crippen molar-refractivity contribution in [1.29, 1.82) is 0 Å². The second kappa shape index (κ2) is 6.13. The lowest BCUT2D eigenvalue weighted by molar-refractivity contribution is -0.200. The number of hydrogen-bond acceptors (Lipinski definition) is 2. The minimum atomic E-state index is 0.0952. The molecule has 2 heteroatoms. The largest absolute Gasteiger partial charge is 0.366 e. The van der Waals surface area contributed by atoms with E-state index in [0.29, 0.717) is 0 Å². The van der Waals surface area contributed by atoms with Crippen molar-refractivity contribution < 1.29 is 4.74 Å². The SMILES string of the molecule is CCC1(CC)CNCC2(CCCC(CC(C)C)C2)O1. The molecule has 0 radical (unpaired) electrons. The molecule has 0 amide bonds. The van der Waals surface area contributed by atoms with E-state index < -0.39 is 0 Å². The predicted octanol–water partition coefficient (Wildman–Crippen LogP) is 4.14. The minimum absolute atomic E-state index is 0.0952. The van der Waals surface area contributed by atoms with Crippen LogP contribution in [0.25, 0.3) is 0 Å². The maximum Gasteiger partial charge on any atom is 0.0817 e. The molecule has 1 aliphatic heterocycles. The summed E-state index contributed by atoms with van der Waals surface area (Å²) in [6.07, 6.45) is 8.93. The summed E-state index contributed by atoms with van der Waals surface area (Å²) in [5.41, 5.74) is 0.236. The molecular formula is C17H33NO. The summed E-state index contributed by atoms with van der Waals surface area (Å²) >= 11 is 0. The van der Waals surface area contributed by atoms with Crippen LogP contribution in [-0.2, 0) is 4.74 Å². The van der Waals surface area contributed by atoms with E-state index in [4.69, 9.17) is 4.74 Å². The number of rotatable bonds is 4. The van der Waals surface area contributed by atoms with Crippen LogP contribution in [0.4, 0.5) is 0 Å². The first-order valence-electron chi connectivity index (χ1n) is 8.44. The molecule has 1 saturated heterocycles. The highest BCUT2D eigenvalue weighted by Gasteiger charge is 2.46. The zero-order chi connectivity index (χ0) is 13.9. The minimum Gasteiger partial charge on any atom is -0.366 e. The van der Waals surface area contributed by atoms with Crippen LogP contribution >= 0.6 is 0 Å². The van der Waals surface area contributed by atoms with Crippen LogP contribution < -0.4 is 5.32 Å². The first-order valence-corrected chi connectivity index (χ1v) is 8.44. The Labute approximate surface area is 119 Å². The van der Waals surface area contributed by atoms with Crippen molar-refractivity contribution >= 4 is 0 Å². The first-order chi connectivity index (χ1) is 9.03. The lowest BCUT2D eigenvalue weighted by Gasteiger charge is -2.51. The van der Waals surface area contributed by atoms with E-state index in [1.807, 2.05) is 0 Å². The van der Waals surface area contributed by atoms with Gasteiger partial charge in [-0.15, -0.1) is 0 Å². The Morgan fingerprint density at radius 3 is 2.58 bits per heavy atom. The molecule has 2 atom stereocenters. The van der Waals surface area contributed by atoms with E-state index in [-0.39, 0.29) is 11.2 Å². The number of ether oxygens (including phenoxy) is 1. The van der Waals surface area contributed by atoms with E-state index >= 15 is 0 Å². The summed E-state index contributed by atoms with van der Waals surface area (Å²) in [6, 6.07) is 0. The third kappa shape index (κ3) is 3.52. The Bertz CT molecular complexity index is 281. The molecule has 2 nitrogen and oxygen atoms in total. The highest BCUT2D eigenvalue weighted by Crippen LogP contribution is 2.43. The summed E-state index contributed by atoms with van der Waals surface area (Å²) in [5.74, 6) is 1.69. The van der Waals surface area contributed by atoms with Crippen LogP contribution in [0.3, 0.4) is 0 Å². The van der Waals surface area contributed by atoms with Crippen molar-refractivity contribution in [3.05, 3.63) is 0 Å². The molecule has 2 aliphatic rings. The number of hydrogen-bond donors (Lipinski definition) is 1. The van der Waals surface area contributed by atoms with Crippen molar-refractivity contribution in [1.82, 2.24) is 5.32 Å². The predicted molar refractivity (Wildman–Crippen MR) is 81.4 cm³/mol. The molecule has 19 heavy (non-hydrogen) atoms. The summed E-state index contributed by atoms with van der Waals surface area (Å²) in [4.78, 5) is 0. The molecule has 1 heterocycles. The Kier molecular flexibility index (Phi) is 4.94. The molecule has 2 unspecified atom stereocenters. The van der Waals surface area contributed by atoms with Gasteiger partial charge in [-0.3, -0.25) is 0 Å². The maximum absolute atomic E-state index is 6.75. The molecule has 2 fully saturated rings. The molecule has 0 aromatic rings. The first kappa shape index (κ1) is 15.3. The van der Waals surface area contributed by atoms with Crippen molar-refractivity contribution in [2.24, 2.45) is 11.8 Å². The standard InChI is InChI=1S/C17H33NO/c1-5-16(6-2)12-18-13-17(19-16)9-7-8-15(11-17)10-14(3)4/h14-15,18H,5-13H2,1-4H3. The smallest absolute Gasteiger partial charge is 0.0817 e. The fourth-order valence-corrected chi connectivity index (χ4v) is 4.26. The van der Waals surface area contributed by atoms with Gasteiger partial charge in [-0.25, -0.2) is 0 Å². The third-order valence-corrected chi connectivity index (χ3v) is 5.33. The average Bonchev–Trinajstić information content (AvgIpc) is 2.38. The average molecular weight is 267 g/mol. The fraction of sp³-hybridized carbons (Fsp3) is 1.00. The molecule has 1 aliphatic carbocycles. The zero-order valence-corrected chi connectivity index (χ0v) is 13.4. The van der Waals surface area contributed by atoms with Gasteiger partial charge in [0, 0.05) is 13.1 Å². The third-order valence-electron chi connectivity index (χ3n) is 5.33. The van der Waals surface area contributed by atoms with Gasteiger partial charge in [-0.05, 0) is 43.9 Å². The van der Waals surface area contributed by atoms with Crippen molar-refractivity contribution in [2.45, 2.75) is 83.8 Å². The number of nitrogens with one attached hydrogen (secondary N) is 1. The molecule has 1 spiro atoms. The van der Waals surface area contributed by atoms with E-state index in [1.165, 1.54) is 32.1 Å². The second-order valence-corrected chi connectivity index (χ2v) is 7.37. The van der Waals surface area contributed by atoms with Crippen molar-refractivity contribution in [3.8, 4) is 0 Å². The Morgan fingerprint density at radius 2 is 1.95 bits per heavy atom. The fourth-order valence-electron chi connectivity index (χ4n) is 4.26. The van der Waals surface area contributed by atoms with Crippen molar-refractivity contribution in [2.75, 3.05) is 13.1 Å². The summed E-state index contributed by atoms with van der Waals surface area (Å²) in [5, 5.41) is 3.69. The summed E-state index contributed by atoms with van der Waals surface area (Å²) in [7, 11) is 0. The zero-order valence-electron chi connectivity index (χ0n) is 13.4. The highest BCUT2D eigenvalue weighted by molar-refractivity contribution is 4.98. The molecular weight excluding hydrogens is 234 g/mol.